The van der Waals surface area contributed by atoms with E-state index < -0.39 is 0 Å². The Kier molecular flexibility index (Phi) is 3.73. The molecule has 2 aromatic heterocycles. The fourth-order valence-corrected chi connectivity index (χ4v) is 4.51. The van der Waals surface area contributed by atoms with Crippen molar-refractivity contribution in [3.63, 3.8) is 0 Å². The van der Waals surface area contributed by atoms with E-state index in [1.165, 1.54) is 47.8 Å². The normalized spacial score (nSPS) is 21.7. The topological polar surface area (TPSA) is 55.7 Å². The molecule has 1 fully saturated rings. The molecule has 22 heavy (non-hydrogen) atoms. The number of H-pyrrole nitrogens is 1. The van der Waals surface area contributed by atoms with E-state index in [1.807, 2.05) is 6.07 Å². The molecule has 0 amide bonds. The standard InChI is InChI=1S/C17H20N4S/c18-10-12-7-8-13(22-12)11-21-9-3-6-16(21)17-19-14-4-1-2-5-15(14)20-17/h7-8,16H,1-6,9,11H2,(H,19,20)/t16-/m1/s1. The number of likely N-dealkylation sites (tertiary alicyclic amines) is 1. The molecule has 1 aliphatic heterocycles. The minimum atomic E-state index is 0.415. The van der Waals surface area contributed by atoms with Crippen molar-refractivity contribution in [2.75, 3.05) is 6.54 Å². The summed E-state index contributed by atoms with van der Waals surface area (Å²) in [5, 5.41) is 8.97. The first-order valence-electron chi connectivity index (χ1n) is 8.14. The van der Waals surface area contributed by atoms with Gasteiger partial charge in [0.1, 0.15) is 16.8 Å². The lowest BCUT2D eigenvalue weighted by molar-refractivity contribution is 0.243. The molecular weight excluding hydrogens is 292 g/mol. The molecular formula is C17H20N4S. The summed E-state index contributed by atoms with van der Waals surface area (Å²) in [5.41, 5.74) is 2.67. The summed E-state index contributed by atoms with van der Waals surface area (Å²) in [6, 6.07) is 6.66. The van der Waals surface area contributed by atoms with Gasteiger partial charge in [-0.15, -0.1) is 11.3 Å². The van der Waals surface area contributed by atoms with Crippen LogP contribution in [0.3, 0.4) is 0 Å². The number of aromatic amines is 1. The molecule has 0 unspecified atom stereocenters. The maximum Gasteiger partial charge on any atom is 0.124 e. The molecule has 0 saturated carbocycles. The number of thiophene rings is 1. The SMILES string of the molecule is N#Cc1ccc(CN2CCC[C@@H]2c2nc3c([nH]2)CCCC3)s1. The molecule has 5 heteroatoms. The predicted octanol–water partition coefficient (Wildman–Crippen LogP) is 3.56. The second kappa shape index (κ2) is 5.86. The van der Waals surface area contributed by atoms with Gasteiger partial charge in [0.2, 0.25) is 0 Å². The molecule has 1 atom stereocenters. The van der Waals surface area contributed by atoms with Crippen LogP contribution in [0, 0.1) is 11.3 Å². The van der Waals surface area contributed by atoms with E-state index in [2.05, 4.69) is 22.0 Å². The number of nitrogens with zero attached hydrogens (tertiary/aromatic N) is 3. The smallest absolute Gasteiger partial charge is 0.124 e. The quantitative estimate of drug-likeness (QED) is 0.943. The minimum Gasteiger partial charge on any atom is -0.344 e. The molecule has 0 spiro atoms. The highest BCUT2D eigenvalue weighted by Gasteiger charge is 2.30. The Morgan fingerprint density at radius 1 is 1.32 bits per heavy atom. The Labute approximate surface area is 134 Å². The van der Waals surface area contributed by atoms with Gasteiger partial charge in [-0.3, -0.25) is 4.90 Å². The van der Waals surface area contributed by atoms with Gasteiger partial charge < -0.3 is 4.98 Å². The fraction of sp³-hybridized carbons (Fsp3) is 0.529. The number of fused-ring (bicyclic) bond motifs is 1. The third kappa shape index (κ3) is 2.57. The van der Waals surface area contributed by atoms with Crippen molar-refractivity contribution in [2.24, 2.45) is 0 Å². The second-order valence-electron chi connectivity index (χ2n) is 6.26. The first-order chi connectivity index (χ1) is 10.8. The van der Waals surface area contributed by atoms with Gasteiger partial charge in [-0.25, -0.2) is 4.98 Å². The van der Waals surface area contributed by atoms with E-state index >= 15 is 0 Å². The van der Waals surface area contributed by atoms with E-state index in [0.29, 0.717) is 6.04 Å². The number of hydrogen-bond donors (Lipinski definition) is 1. The number of rotatable bonds is 3. The Morgan fingerprint density at radius 3 is 3.05 bits per heavy atom. The third-order valence-electron chi connectivity index (χ3n) is 4.78. The van der Waals surface area contributed by atoms with Crippen molar-refractivity contribution in [2.45, 2.75) is 51.1 Å². The van der Waals surface area contributed by atoms with E-state index in [1.54, 1.807) is 11.3 Å². The summed E-state index contributed by atoms with van der Waals surface area (Å²) in [6.45, 7) is 2.05. The molecule has 2 aromatic rings. The number of nitrogens with one attached hydrogen (secondary N) is 1. The molecule has 1 saturated heterocycles. The van der Waals surface area contributed by atoms with Crippen LogP contribution in [0.15, 0.2) is 12.1 Å². The third-order valence-corrected chi connectivity index (χ3v) is 5.76. The highest BCUT2D eigenvalue weighted by Crippen LogP contribution is 2.34. The summed E-state index contributed by atoms with van der Waals surface area (Å²) in [6.07, 6.45) is 7.27. The van der Waals surface area contributed by atoms with Crippen LogP contribution in [-0.2, 0) is 19.4 Å². The van der Waals surface area contributed by atoms with Gasteiger partial charge in [-0.1, -0.05) is 0 Å². The molecule has 2 aliphatic rings. The lowest BCUT2D eigenvalue weighted by atomic mass is 10.0. The van der Waals surface area contributed by atoms with Crippen LogP contribution in [-0.4, -0.2) is 21.4 Å². The molecule has 4 nitrogen and oxygen atoms in total. The number of hydrogen-bond acceptors (Lipinski definition) is 4. The molecule has 0 aromatic carbocycles. The Bertz CT molecular complexity index is 685. The molecule has 114 valence electrons. The summed E-state index contributed by atoms with van der Waals surface area (Å²) < 4.78 is 0. The first kappa shape index (κ1) is 14.0. The lowest BCUT2D eigenvalue weighted by Gasteiger charge is -2.22. The second-order valence-corrected chi connectivity index (χ2v) is 7.43. The average molecular weight is 312 g/mol. The van der Waals surface area contributed by atoms with Crippen LogP contribution in [0.1, 0.15) is 58.7 Å². The first-order valence-corrected chi connectivity index (χ1v) is 8.95. The van der Waals surface area contributed by atoms with Crippen molar-refractivity contribution < 1.29 is 0 Å². The van der Waals surface area contributed by atoms with Crippen LogP contribution in [0.5, 0.6) is 0 Å². The number of aryl methyl sites for hydroxylation is 2. The highest BCUT2D eigenvalue weighted by molar-refractivity contribution is 7.12. The predicted molar refractivity (Wildman–Crippen MR) is 86.6 cm³/mol. The van der Waals surface area contributed by atoms with Gasteiger partial charge in [0.25, 0.3) is 0 Å². The van der Waals surface area contributed by atoms with E-state index in [9.17, 15) is 0 Å². The van der Waals surface area contributed by atoms with Crippen molar-refractivity contribution >= 4 is 11.3 Å². The monoisotopic (exact) mass is 312 g/mol. The van der Waals surface area contributed by atoms with E-state index in [0.717, 1.165) is 30.8 Å². The zero-order valence-corrected chi connectivity index (χ0v) is 13.5. The van der Waals surface area contributed by atoms with Crippen molar-refractivity contribution in [3.8, 4) is 6.07 Å². The van der Waals surface area contributed by atoms with Gasteiger partial charge in [0.15, 0.2) is 0 Å². The van der Waals surface area contributed by atoms with Crippen LogP contribution in [0.4, 0.5) is 0 Å². The summed E-state index contributed by atoms with van der Waals surface area (Å²) in [7, 11) is 0. The highest BCUT2D eigenvalue weighted by atomic mass is 32.1. The number of nitriles is 1. The van der Waals surface area contributed by atoms with Crippen LogP contribution in [0.25, 0.3) is 0 Å². The minimum absolute atomic E-state index is 0.415. The summed E-state index contributed by atoms with van der Waals surface area (Å²) >= 11 is 1.61. The molecule has 1 N–H and O–H groups in total. The lowest BCUT2D eigenvalue weighted by Crippen LogP contribution is -2.23. The largest absolute Gasteiger partial charge is 0.344 e. The van der Waals surface area contributed by atoms with Crippen molar-refractivity contribution in [3.05, 3.63) is 39.1 Å². The van der Waals surface area contributed by atoms with Crippen molar-refractivity contribution in [1.82, 2.24) is 14.9 Å². The molecule has 0 radical (unpaired) electrons. The molecule has 3 heterocycles. The fourth-order valence-electron chi connectivity index (χ4n) is 3.68. The Balaban J connectivity index is 1.53. The van der Waals surface area contributed by atoms with Gasteiger partial charge in [-0.2, -0.15) is 5.26 Å². The van der Waals surface area contributed by atoms with Gasteiger partial charge in [-0.05, 0) is 57.2 Å². The number of imidazole rings is 1. The van der Waals surface area contributed by atoms with Crippen LogP contribution >= 0.6 is 11.3 Å². The van der Waals surface area contributed by atoms with Crippen molar-refractivity contribution in [1.29, 1.82) is 5.26 Å². The Morgan fingerprint density at radius 2 is 2.23 bits per heavy atom. The van der Waals surface area contributed by atoms with E-state index in [4.69, 9.17) is 10.2 Å². The summed E-state index contributed by atoms with van der Waals surface area (Å²) in [5.74, 6) is 1.17. The van der Waals surface area contributed by atoms with Crippen LogP contribution < -0.4 is 0 Å². The Hall–Kier alpha value is -1.64. The molecule has 4 rings (SSSR count). The van der Waals surface area contributed by atoms with E-state index in [-0.39, 0.29) is 0 Å². The van der Waals surface area contributed by atoms with Gasteiger partial charge in [0.05, 0.1) is 11.7 Å². The van der Waals surface area contributed by atoms with Gasteiger partial charge >= 0.3 is 0 Å². The average Bonchev–Trinajstić information content (AvgIpc) is 3.25. The molecule has 0 bridgehead atoms. The summed E-state index contributed by atoms with van der Waals surface area (Å²) in [4.78, 5) is 13.1. The number of aromatic nitrogens is 2. The zero-order chi connectivity index (χ0) is 14.9. The van der Waals surface area contributed by atoms with Crippen LogP contribution in [0.2, 0.25) is 0 Å². The maximum absolute atomic E-state index is 8.97. The zero-order valence-electron chi connectivity index (χ0n) is 12.6. The van der Waals surface area contributed by atoms with Gasteiger partial charge in [0, 0.05) is 17.1 Å². The maximum atomic E-state index is 8.97. The molecule has 1 aliphatic carbocycles.